The maximum atomic E-state index is 13.1. The molecule has 0 spiro atoms. The Morgan fingerprint density at radius 1 is 1.26 bits per heavy atom. The Morgan fingerprint density at radius 3 is 2.63 bits per heavy atom. The number of rotatable bonds is 6. The fraction of sp³-hybridized carbons (Fsp3) is 0.571. The van der Waals surface area contributed by atoms with Crippen LogP contribution in [0.25, 0.3) is 10.9 Å². The van der Waals surface area contributed by atoms with Crippen molar-refractivity contribution in [1.82, 2.24) is 14.5 Å². The van der Waals surface area contributed by atoms with E-state index in [1.54, 1.807) is 4.57 Å². The fourth-order valence-electron chi connectivity index (χ4n) is 3.95. The van der Waals surface area contributed by atoms with Crippen LogP contribution in [0, 0.1) is 0 Å². The molecule has 1 fully saturated rings. The molecule has 1 amide bonds. The SMILES string of the molecule is CCN(C(=O)[C@@H](C)Sc1nc2ccccc2c(=O)n1CC)C1CCCCC1. The molecule has 0 unspecified atom stereocenters. The van der Waals surface area contributed by atoms with Crippen LogP contribution in [-0.4, -0.2) is 38.2 Å². The highest BCUT2D eigenvalue weighted by molar-refractivity contribution is 8.00. The molecule has 0 N–H and O–H groups in total. The zero-order valence-electron chi connectivity index (χ0n) is 16.5. The number of amides is 1. The highest BCUT2D eigenvalue weighted by atomic mass is 32.2. The summed E-state index contributed by atoms with van der Waals surface area (Å²) in [5, 5.41) is 0.986. The number of para-hydroxylation sites is 1. The fourth-order valence-corrected chi connectivity index (χ4v) is 4.99. The van der Waals surface area contributed by atoms with Gasteiger partial charge in [0, 0.05) is 19.1 Å². The first-order valence-electron chi connectivity index (χ1n) is 10.0. The largest absolute Gasteiger partial charge is 0.339 e. The molecule has 1 heterocycles. The molecule has 0 radical (unpaired) electrons. The van der Waals surface area contributed by atoms with Gasteiger partial charge < -0.3 is 4.90 Å². The Hall–Kier alpha value is -1.82. The first kappa shape index (κ1) is 19.9. The molecule has 27 heavy (non-hydrogen) atoms. The highest BCUT2D eigenvalue weighted by Crippen LogP contribution is 2.27. The van der Waals surface area contributed by atoms with E-state index in [9.17, 15) is 9.59 Å². The molecule has 2 aromatic rings. The second kappa shape index (κ2) is 8.91. The van der Waals surface area contributed by atoms with E-state index in [1.165, 1.54) is 31.0 Å². The van der Waals surface area contributed by atoms with Crippen LogP contribution in [0.5, 0.6) is 0 Å². The molecule has 6 heteroatoms. The van der Waals surface area contributed by atoms with Gasteiger partial charge in [-0.1, -0.05) is 43.2 Å². The first-order chi connectivity index (χ1) is 13.1. The second-order valence-electron chi connectivity index (χ2n) is 7.14. The van der Waals surface area contributed by atoms with Crippen molar-refractivity contribution in [3.8, 4) is 0 Å². The van der Waals surface area contributed by atoms with Crippen molar-refractivity contribution >= 4 is 28.6 Å². The lowest BCUT2D eigenvalue weighted by Gasteiger charge is -2.35. The summed E-state index contributed by atoms with van der Waals surface area (Å²) in [6.07, 6.45) is 5.89. The van der Waals surface area contributed by atoms with E-state index in [0.717, 1.165) is 19.4 Å². The van der Waals surface area contributed by atoms with Gasteiger partial charge in [-0.05, 0) is 45.7 Å². The summed E-state index contributed by atoms with van der Waals surface area (Å²) in [4.78, 5) is 32.6. The van der Waals surface area contributed by atoms with Crippen molar-refractivity contribution < 1.29 is 4.79 Å². The van der Waals surface area contributed by atoms with Crippen molar-refractivity contribution in [2.45, 2.75) is 75.9 Å². The normalized spacial score (nSPS) is 16.4. The van der Waals surface area contributed by atoms with Crippen LogP contribution in [0.4, 0.5) is 0 Å². The molecule has 5 nitrogen and oxygen atoms in total. The maximum absolute atomic E-state index is 13.1. The average Bonchev–Trinajstić information content (AvgIpc) is 2.69. The number of hydrogen-bond donors (Lipinski definition) is 0. The number of aromatic nitrogens is 2. The Bertz CT molecular complexity index is 858. The molecule has 1 aliphatic carbocycles. The monoisotopic (exact) mass is 387 g/mol. The summed E-state index contributed by atoms with van der Waals surface area (Å²) in [5.41, 5.74) is 0.652. The molecule has 1 aliphatic rings. The minimum atomic E-state index is -0.266. The van der Waals surface area contributed by atoms with E-state index >= 15 is 0 Å². The molecule has 1 aromatic heterocycles. The van der Waals surface area contributed by atoms with Crippen molar-refractivity contribution in [2.24, 2.45) is 0 Å². The zero-order chi connectivity index (χ0) is 19.4. The zero-order valence-corrected chi connectivity index (χ0v) is 17.3. The Balaban J connectivity index is 1.85. The van der Waals surface area contributed by atoms with Gasteiger partial charge in [0.2, 0.25) is 5.91 Å². The third-order valence-corrected chi connectivity index (χ3v) is 6.49. The van der Waals surface area contributed by atoms with Gasteiger partial charge in [-0.2, -0.15) is 0 Å². The van der Waals surface area contributed by atoms with Gasteiger partial charge in [-0.15, -0.1) is 0 Å². The maximum Gasteiger partial charge on any atom is 0.262 e. The molecule has 1 aromatic carbocycles. The number of hydrogen-bond acceptors (Lipinski definition) is 4. The van der Waals surface area contributed by atoms with E-state index < -0.39 is 0 Å². The molecule has 0 saturated heterocycles. The Kier molecular flexibility index (Phi) is 6.58. The summed E-state index contributed by atoms with van der Waals surface area (Å²) < 4.78 is 1.67. The third kappa shape index (κ3) is 4.21. The number of fused-ring (bicyclic) bond motifs is 1. The van der Waals surface area contributed by atoms with Crippen LogP contribution in [0.2, 0.25) is 0 Å². The average molecular weight is 388 g/mol. The van der Waals surface area contributed by atoms with Crippen molar-refractivity contribution in [3.63, 3.8) is 0 Å². The van der Waals surface area contributed by atoms with E-state index in [-0.39, 0.29) is 16.7 Å². The molecular formula is C21H29N3O2S. The smallest absolute Gasteiger partial charge is 0.262 e. The van der Waals surface area contributed by atoms with Crippen LogP contribution in [-0.2, 0) is 11.3 Å². The van der Waals surface area contributed by atoms with Crippen molar-refractivity contribution in [3.05, 3.63) is 34.6 Å². The quantitative estimate of drug-likeness (QED) is 0.554. The van der Waals surface area contributed by atoms with Crippen LogP contribution in [0.1, 0.15) is 52.9 Å². The number of nitrogens with zero attached hydrogens (tertiary/aromatic N) is 3. The van der Waals surface area contributed by atoms with E-state index in [0.29, 0.717) is 28.6 Å². The molecule has 0 bridgehead atoms. The standard InChI is InChI=1S/C21H29N3O2S/c1-4-23(16-11-7-6-8-12-16)19(25)15(3)27-21-22-18-14-10-9-13-17(18)20(26)24(21)5-2/h9-10,13-16H,4-8,11-12H2,1-3H3/t15-/m1/s1. The molecule has 146 valence electrons. The summed E-state index contributed by atoms with van der Waals surface area (Å²) in [6, 6.07) is 7.76. The van der Waals surface area contributed by atoms with E-state index in [2.05, 4.69) is 11.9 Å². The van der Waals surface area contributed by atoms with Gasteiger partial charge in [0.25, 0.3) is 5.56 Å². The summed E-state index contributed by atoms with van der Waals surface area (Å²) in [5.74, 6) is 0.152. The minimum absolute atomic E-state index is 0.0372. The number of carbonyl (C=O) groups excluding carboxylic acids is 1. The van der Waals surface area contributed by atoms with Gasteiger partial charge in [-0.3, -0.25) is 14.2 Å². The van der Waals surface area contributed by atoms with Gasteiger partial charge in [0.1, 0.15) is 0 Å². The van der Waals surface area contributed by atoms with Crippen LogP contribution < -0.4 is 5.56 Å². The topological polar surface area (TPSA) is 55.2 Å². The lowest BCUT2D eigenvalue weighted by molar-refractivity contribution is -0.133. The molecular weight excluding hydrogens is 358 g/mol. The predicted molar refractivity (Wildman–Crippen MR) is 111 cm³/mol. The predicted octanol–water partition coefficient (Wildman–Crippen LogP) is 4.08. The molecule has 0 aliphatic heterocycles. The Morgan fingerprint density at radius 2 is 1.96 bits per heavy atom. The number of thioether (sulfide) groups is 1. The van der Waals surface area contributed by atoms with Crippen LogP contribution >= 0.6 is 11.8 Å². The van der Waals surface area contributed by atoms with Gasteiger partial charge in [0.15, 0.2) is 5.16 Å². The molecule has 1 atom stereocenters. The first-order valence-corrected chi connectivity index (χ1v) is 10.9. The second-order valence-corrected chi connectivity index (χ2v) is 8.45. The van der Waals surface area contributed by atoms with Crippen molar-refractivity contribution in [2.75, 3.05) is 6.54 Å². The number of benzene rings is 1. The van der Waals surface area contributed by atoms with Gasteiger partial charge in [-0.25, -0.2) is 4.98 Å². The van der Waals surface area contributed by atoms with Crippen LogP contribution in [0.15, 0.2) is 34.2 Å². The molecule has 1 saturated carbocycles. The van der Waals surface area contributed by atoms with Gasteiger partial charge >= 0.3 is 0 Å². The van der Waals surface area contributed by atoms with Crippen LogP contribution in [0.3, 0.4) is 0 Å². The van der Waals surface area contributed by atoms with E-state index in [1.807, 2.05) is 43.0 Å². The van der Waals surface area contributed by atoms with Crippen molar-refractivity contribution in [1.29, 1.82) is 0 Å². The Labute approximate surface area is 165 Å². The summed E-state index contributed by atoms with van der Waals surface area (Å²) in [6.45, 7) is 7.20. The van der Waals surface area contributed by atoms with Gasteiger partial charge in [0.05, 0.1) is 16.2 Å². The summed E-state index contributed by atoms with van der Waals surface area (Å²) >= 11 is 1.40. The van der Waals surface area contributed by atoms with E-state index in [4.69, 9.17) is 0 Å². The summed E-state index contributed by atoms with van der Waals surface area (Å²) in [7, 11) is 0. The number of carbonyl (C=O) groups is 1. The minimum Gasteiger partial charge on any atom is -0.339 e. The lowest BCUT2D eigenvalue weighted by Crippen LogP contribution is -2.44. The third-order valence-electron chi connectivity index (χ3n) is 5.41. The lowest BCUT2D eigenvalue weighted by atomic mass is 9.94. The highest BCUT2D eigenvalue weighted by Gasteiger charge is 2.28. The molecule has 3 rings (SSSR count).